The van der Waals surface area contributed by atoms with E-state index in [0.29, 0.717) is 6.42 Å². The monoisotopic (exact) mass is 323 g/mol. The fourth-order valence-corrected chi connectivity index (χ4v) is 3.90. The highest BCUT2D eigenvalue weighted by Gasteiger charge is 2.09. The van der Waals surface area contributed by atoms with E-state index in [-0.39, 0.29) is 5.91 Å². The lowest BCUT2D eigenvalue weighted by molar-refractivity contribution is -0.121. The van der Waals surface area contributed by atoms with Gasteiger partial charge in [-0.2, -0.15) is 0 Å². The molecule has 0 spiro atoms. The number of aryl methyl sites for hydroxylation is 3. The summed E-state index contributed by atoms with van der Waals surface area (Å²) in [5, 5.41) is 6.40. The number of nitrogens with zero attached hydrogens (tertiary/aromatic N) is 1. The quantitative estimate of drug-likeness (QED) is 0.720. The number of rotatable bonds is 8. The number of nitrogens with one attached hydrogen (secondary N) is 2. The van der Waals surface area contributed by atoms with E-state index in [9.17, 15) is 4.79 Å². The standard InChI is InChI=1S/C17H29N3OS/c1-14-13-16(15(2)22-14)5-3-6-17(21)19-7-4-10-20-11-8-18-9-12-20/h13,18H,3-12H2,1-2H3,(H,19,21). The first kappa shape index (κ1) is 17.4. The molecule has 0 saturated carbocycles. The van der Waals surface area contributed by atoms with Gasteiger partial charge in [-0.1, -0.05) is 0 Å². The summed E-state index contributed by atoms with van der Waals surface area (Å²) in [5.74, 6) is 0.199. The third-order valence-corrected chi connectivity index (χ3v) is 5.18. The summed E-state index contributed by atoms with van der Waals surface area (Å²) < 4.78 is 0. The number of hydrogen-bond donors (Lipinski definition) is 2. The summed E-state index contributed by atoms with van der Waals surface area (Å²) in [7, 11) is 0. The normalized spacial score (nSPS) is 15.9. The van der Waals surface area contributed by atoms with Crippen molar-refractivity contribution in [3.8, 4) is 0 Å². The fraction of sp³-hybridized carbons (Fsp3) is 0.706. The predicted molar refractivity (Wildman–Crippen MR) is 93.7 cm³/mol. The van der Waals surface area contributed by atoms with Gasteiger partial charge in [-0.05, 0) is 51.3 Å². The van der Waals surface area contributed by atoms with Gasteiger partial charge in [-0.25, -0.2) is 0 Å². The van der Waals surface area contributed by atoms with Crippen LogP contribution in [0.3, 0.4) is 0 Å². The average molecular weight is 324 g/mol. The summed E-state index contributed by atoms with van der Waals surface area (Å²) in [6.45, 7) is 10.7. The van der Waals surface area contributed by atoms with Crippen LogP contribution in [0.25, 0.3) is 0 Å². The van der Waals surface area contributed by atoms with Crippen LogP contribution in [0, 0.1) is 13.8 Å². The highest BCUT2D eigenvalue weighted by molar-refractivity contribution is 7.12. The number of hydrogen-bond acceptors (Lipinski definition) is 4. The largest absolute Gasteiger partial charge is 0.356 e. The lowest BCUT2D eigenvalue weighted by Crippen LogP contribution is -2.44. The Hall–Kier alpha value is -0.910. The van der Waals surface area contributed by atoms with Crippen LogP contribution in [0.15, 0.2) is 6.07 Å². The third-order valence-electron chi connectivity index (χ3n) is 4.18. The topological polar surface area (TPSA) is 44.4 Å². The third kappa shape index (κ3) is 6.07. The Balaban J connectivity index is 1.51. The van der Waals surface area contributed by atoms with E-state index < -0.39 is 0 Å². The van der Waals surface area contributed by atoms with Gasteiger partial charge < -0.3 is 15.5 Å². The molecular formula is C17H29N3OS. The lowest BCUT2D eigenvalue weighted by atomic mass is 10.1. The first-order chi connectivity index (χ1) is 10.6. The zero-order valence-electron chi connectivity index (χ0n) is 13.9. The Morgan fingerprint density at radius 3 is 2.77 bits per heavy atom. The van der Waals surface area contributed by atoms with Crippen LogP contribution in [-0.2, 0) is 11.2 Å². The van der Waals surface area contributed by atoms with Gasteiger partial charge in [0.15, 0.2) is 0 Å². The van der Waals surface area contributed by atoms with Crippen LogP contribution in [0.5, 0.6) is 0 Å². The Morgan fingerprint density at radius 1 is 1.32 bits per heavy atom. The molecule has 124 valence electrons. The molecule has 0 unspecified atom stereocenters. The minimum absolute atomic E-state index is 0.199. The molecule has 1 amide bonds. The first-order valence-corrected chi connectivity index (χ1v) is 9.22. The number of carbonyl (C=O) groups excluding carboxylic acids is 1. The minimum Gasteiger partial charge on any atom is -0.356 e. The second kappa shape index (κ2) is 9.28. The molecule has 1 fully saturated rings. The van der Waals surface area contributed by atoms with Gasteiger partial charge in [0, 0.05) is 48.9 Å². The molecule has 0 aliphatic carbocycles. The second-order valence-electron chi connectivity index (χ2n) is 6.09. The van der Waals surface area contributed by atoms with E-state index in [4.69, 9.17) is 0 Å². The molecule has 4 nitrogen and oxygen atoms in total. The maximum atomic E-state index is 11.8. The van der Waals surface area contributed by atoms with Gasteiger partial charge >= 0.3 is 0 Å². The van der Waals surface area contributed by atoms with Crippen molar-refractivity contribution in [1.29, 1.82) is 0 Å². The van der Waals surface area contributed by atoms with Crippen LogP contribution < -0.4 is 10.6 Å². The molecule has 2 heterocycles. The second-order valence-corrected chi connectivity index (χ2v) is 7.55. The van der Waals surface area contributed by atoms with Gasteiger partial charge in [0.1, 0.15) is 0 Å². The lowest BCUT2D eigenvalue weighted by Gasteiger charge is -2.27. The number of carbonyl (C=O) groups is 1. The summed E-state index contributed by atoms with van der Waals surface area (Å²) in [4.78, 5) is 17.1. The van der Waals surface area contributed by atoms with Crippen LogP contribution in [0.1, 0.15) is 34.6 Å². The predicted octanol–water partition coefficient (Wildman–Crippen LogP) is 2.10. The molecule has 1 aromatic rings. The van der Waals surface area contributed by atoms with Crippen molar-refractivity contribution in [3.63, 3.8) is 0 Å². The molecule has 1 aromatic heterocycles. The molecule has 1 aliphatic heterocycles. The zero-order chi connectivity index (χ0) is 15.8. The zero-order valence-corrected chi connectivity index (χ0v) is 14.7. The maximum absolute atomic E-state index is 11.8. The molecule has 22 heavy (non-hydrogen) atoms. The SMILES string of the molecule is Cc1cc(CCCC(=O)NCCCN2CCNCC2)c(C)s1. The number of piperazine rings is 1. The molecule has 0 atom stereocenters. The minimum atomic E-state index is 0.199. The van der Waals surface area contributed by atoms with Gasteiger partial charge in [0.25, 0.3) is 0 Å². The van der Waals surface area contributed by atoms with Crippen LogP contribution in [0.2, 0.25) is 0 Å². The van der Waals surface area contributed by atoms with Crippen molar-refractivity contribution < 1.29 is 4.79 Å². The average Bonchev–Trinajstić information content (AvgIpc) is 2.83. The van der Waals surface area contributed by atoms with E-state index in [1.54, 1.807) is 0 Å². The van der Waals surface area contributed by atoms with Crippen molar-refractivity contribution in [3.05, 3.63) is 21.4 Å². The smallest absolute Gasteiger partial charge is 0.220 e. The number of thiophene rings is 1. The van der Waals surface area contributed by atoms with Crippen molar-refractivity contribution in [1.82, 2.24) is 15.5 Å². The van der Waals surface area contributed by atoms with Gasteiger partial charge in [-0.15, -0.1) is 11.3 Å². The van der Waals surface area contributed by atoms with Crippen LogP contribution in [0.4, 0.5) is 0 Å². The van der Waals surface area contributed by atoms with E-state index in [2.05, 4.69) is 35.4 Å². The Labute approximate surface area is 138 Å². The summed E-state index contributed by atoms with van der Waals surface area (Å²) >= 11 is 1.85. The molecule has 1 saturated heterocycles. The molecule has 0 bridgehead atoms. The summed E-state index contributed by atoms with van der Waals surface area (Å²) in [6, 6.07) is 2.26. The molecule has 2 N–H and O–H groups in total. The first-order valence-electron chi connectivity index (χ1n) is 8.41. The van der Waals surface area contributed by atoms with Crippen molar-refractivity contribution in [2.24, 2.45) is 0 Å². The highest BCUT2D eigenvalue weighted by Crippen LogP contribution is 2.22. The Bertz CT molecular complexity index is 466. The van der Waals surface area contributed by atoms with E-state index in [1.807, 2.05) is 11.3 Å². The van der Waals surface area contributed by atoms with Crippen LogP contribution >= 0.6 is 11.3 Å². The summed E-state index contributed by atoms with van der Waals surface area (Å²) in [6.07, 6.45) is 3.65. The van der Waals surface area contributed by atoms with Gasteiger partial charge in [-0.3, -0.25) is 4.79 Å². The van der Waals surface area contributed by atoms with E-state index in [1.165, 1.54) is 15.3 Å². The van der Waals surface area contributed by atoms with Crippen molar-refractivity contribution in [2.45, 2.75) is 39.5 Å². The molecule has 2 rings (SSSR count). The molecule has 1 aliphatic rings. The molecular weight excluding hydrogens is 294 g/mol. The Morgan fingerprint density at radius 2 is 2.09 bits per heavy atom. The van der Waals surface area contributed by atoms with Crippen molar-refractivity contribution >= 4 is 17.2 Å². The molecule has 0 aromatic carbocycles. The summed E-state index contributed by atoms with van der Waals surface area (Å²) in [5.41, 5.74) is 1.41. The number of amides is 1. The van der Waals surface area contributed by atoms with Crippen LogP contribution in [-0.4, -0.2) is 50.1 Å². The van der Waals surface area contributed by atoms with E-state index >= 15 is 0 Å². The highest BCUT2D eigenvalue weighted by atomic mass is 32.1. The fourth-order valence-electron chi connectivity index (χ4n) is 2.92. The van der Waals surface area contributed by atoms with Gasteiger partial charge in [0.2, 0.25) is 5.91 Å². The maximum Gasteiger partial charge on any atom is 0.220 e. The van der Waals surface area contributed by atoms with Gasteiger partial charge in [0.05, 0.1) is 0 Å². The Kier molecular flexibility index (Phi) is 7.36. The molecule has 0 radical (unpaired) electrons. The van der Waals surface area contributed by atoms with Crippen molar-refractivity contribution in [2.75, 3.05) is 39.3 Å². The van der Waals surface area contributed by atoms with E-state index in [0.717, 1.165) is 58.5 Å². The molecule has 5 heteroatoms.